The summed E-state index contributed by atoms with van der Waals surface area (Å²) in [5.74, 6) is 1.34. The fourth-order valence-electron chi connectivity index (χ4n) is 4.07. The highest BCUT2D eigenvalue weighted by Gasteiger charge is 2.36. The Morgan fingerprint density at radius 2 is 1.96 bits per heavy atom. The Balaban J connectivity index is 1.46. The van der Waals surface area contributed by atoms with E-state index in [4.69, 9.17) is 4.74 Å². The minimum absolute atomic E-state index is 0.0597. The summed E-state index contributed by atoms with van der Waals surface area (Å²) in [5.41, 5.74) is 1.86. The Labute approximate surface area is 152 Å². The number of benzene rings is 1. The van der Waals surface area contributed by atoms with Crippen LogP contribution in [0.15, 0.2) is 47.3 Å². The number of ether oxygens (including phenoxy) is 1. The molecule has 2 aliphatic heterocycles. The molecule has 2 amide bonds. The predicted molar refractivity (Wildman–Crippen MR) is 99.8 cm³/mol. The number of hydrogen-bond acceptors (Lipinski definition) is 3. The number of pyridine rings is 1. The zero-order chi connectivity index (χ0) is 18.1. The number of piperidine rings is 1. The van der Waals surface area contributed by atoms with Gasteiger partial charge in [-0.3, -0.25) is 4.79 Å². The molecule has 0 radical (unpaired) electrons. The number of anilines is 1. The van der Waals surface area contributed by atoms with Crippen molar-refractivity contribution in [1.82, 2.24) is 9.47 Å². The topological polar surface area (TPSA) is 63.6 Å². The van der Waals surface area contributed by atoms with Gasteiger partial charge in [0.1, 0.15) is 5.75 Å². The lowest BCUT2D eigenvalue weighted by Gasteiger charge is -2.42. The lowest BCUT2D eigenvalue weighted by Crippen LogP contribution is -2.50. The normalized spacial score (nSPS) is 21.0. The van der Waals surface area contributed by atoms with Crippen molar-refractivity contribution < 1.29 is 9.53 Å². The van der Waals surface area contributed by atoms with Crippen molar-refractivity contribution in [3.8, 4) is 5.75 Å². The fourth-order valence-corrected chi connectivity index (χ4v) is 4.07. The molecular weight excluding hydrogens is 330 g/mol. The van der Waals surface area contributed by atoms with Gasteiger partial charge in [0.25, 0.3) is 5.56 Å². The Bertz CT molecular complexity index is 859. The standard InChI is InChI=1S/C20H23N3O3/c1-2-26-17-8-6-16(7-9-17)21-20(25)22-11-14-10-15(13-22)18-4-3-5-19(24)23(18)12-14/h3-9,14-15H,2,10-13H2,1H3,(H,21,25)/t14-,15-/m1/s1. The molecule has 136 valence electrons. The average Bonchev–Trinajstić information content (AvgIpc) is 2.64. The van der Waals surface area contributed by atoms with E-state index in [0.717, 1.165) is 23.6 Å². The van der Waals surface area contributed by atoms with Crippen molar-refractivity contribution in [2.45, 2.75) is 25.8 Å². The zero-order valence-electron chi connectivity index (χ0n) is 14.9. The fraction of sp³-hybridized carbons (Fsp3) is 0.400. The molecule has 26 heavy (non-hydrogen) atoms. The summed E-state index contributed by atoms with van der Waals surface area (Å²) in [7, 11) is 0. The van der Waals surface area contributed by atoms with E-state index >= 15 is 0 Å². The summed E-state index contributed by atoms with van der Waals surface area (Å²) in [6, 6.07) is 12.8. The molecule has 1 aromatic heterocycles. The number of urea groups is 1. The first kappa shape index (κ1) is 16.7. The van der Waals surface area contributed by atoms with Crippen molar-refractivity contribution in [3.63, 3.8) is 0 Å². The number of likely N-dealkylation sites (tertiary alicyclic amines) is 1. The molecule has 1 saturated heterocycles. The third kappa shape index (κ3) is 3.19. The van der Waals surface area contributed by atoms with Crippen LogP contribution >= 0.6 is 0 Å². The number of fused-ring (bicyclic) bond motifs is 4. The first-order valence-corrected chi connectivity index (χ1v) is 9.12. The predicted octanol–water partition coefficient (Wildman–Crippen LogP) is 2.90. The zero-order valence-corrected chi connectivity index (χ0v) is 14.9. The van der Waals surface area contributed by atoms with Gasteiger partial charge in [-0.15, -0.1) is 0 Å². The largest absolute Gasteiger partial charge is 0.494 e. The van der Waals surface area contributed by atoms with Crippen LogP contribution in [0.25, 0.3) is 0 Å². The quantitative estimate of drug-likeness (QED) is 0.923. The Morgan fingerprint density at radius 1 is 1.15 bits per heavy atom. The maximum Gasteiger partial charge on any atom is 0.321 e. The lowest BCUT2D eigenvalue weighted by molar-refractivity contribution is 0.139. The van der Waals surface area contributed by atoms with Gasteiger partial charge >= 0.3 is 6.03 Å². The highest BCUT2D eigenvalue weighted by Crippen LogP contribution is 2.35. The second-order valence-corrected chi connectivity index (χ2v) is 6.99. The van der Waals surface area contributed by atoms with Gasteiger partial charge < -0.3 is 19.5 Å². The van der Waals surface area contributed by atoms with Crippen molar-refractivity contribution in [1.29, 1.82) is 0 Å². The van der Waals surface area contributed by atoms with E-state index in [1.165, 1.54) is 0 Å². The maximum absolute atomic E-state index is 12.7. The minimum atomic E-state index is -0.0874. The van der Waals surface area contributed by atoms with Crippen LogP contribution in [0, 0.1) is 5.92 Å². The van der Waals surface area contributed by atoms with Crippen LogP contribution in [0.4, 0.5) is 10.5 Å². The summed E-state index contributed by atoms with van der Waals surface area (Å²) in [5, 5.41) is 2.97. The van der Waals surface area contributed by atoms with Gasteiger partial charge in [-0.1, -0.05) is 6.07 Å². The molecule has 0 unspecified atom stereocenters. The molecule has 6 heteroatoms. The lowest BCUT2D eigenvalue weighted by atomic mass is 9.83. The summed E-state index contributed by atoms with van der Waals surface area (Å²) < 4.78 is 7.30. The molecule has 6 nitrogen and oxygen atoms in total. The number of carbonyl (C=O) groups excluding carboxylic acids is 1. The van der Waals surface area contributed by atoms with Crippen LogP contribution in [-0.4, -0.2) is 35.2 Å². The third-order valence-corrected chi connectivity index (χ3v) is 5.18. The number of aromatic nitrogens is 1. The smallest absolute Gasteiger partial charge is 0.321 e. The van der Waals surface area contributed by atoms with Crippen LogP contribution in [0.3, 0.4) is 0 Å². The summed E-state index contributed by atoms with van der Waals surface area (Å²) >= 11 is 0. The summed E-state index contributed by atoms with van der Waals surface area (Å²) in [6.45, 7) is 4.57. The number of carbonyl (C=O) groups is 1. The first-order valence-electron chi connectivity index (χ1n) is 9.12. The highest BCUT2D eigenvalue weighted by molar-refractivity contribution is 5.89. The molecule has 4 rings (SSSR count). The van der Waals surface area contributed by atoms with Crippen LogP contribution < -0.4 is 15.6 Å². The van der Waals surface area contributed by atoms with E-state index in [2.05, 4.69) is 5.32 Å². The van der Waals surface area contributed by atoms with Gasteiger partial charge in [-0.2, -0.15) is 0 Å². The number of amides is 2. The van der Waals surface area contributed by atoms with Crippen molar-refractivity contribution in [2.24, 2.45) is 5.92 Å². The number of nitrogens with one attached hydrogen (secondary N) is 1. The monoisotopic (exact) mass is 353 g/mol. The van der Waals surface area contributed by atoms with Crippen LogP contribution in [0.1, 0.15) is 25.0 Å². The van der Waals surface area contributed by atoms with Gasteiger partial charge in [0.05, 0.1) is 6.61 Å². The molecule has 1 N–H and O–H groups in total. The minimum Gasteiger partial charge on any atom is -0.494 e. The van der Waals surface area contributed by atoms with Gasteiger partial charge in [0, 0.05) is 43.0 Å². The molecule has 1 aromatic carbocycles. The molecule has 0 spiro atoms. The van der Waals surface area contributed by atoms with E-state index in [9.17, 15) is 9.59 Å². The van der Waals surface area contributed by atoms with E-state index in [1.54, 1.807) is 6.07 Å². The Hall–Kier alpha value is -2.76. The third-order valence-electron chi connectivity index (χ3n) is 5.18. The maximum atomic E-state index is 12.7. The van der Waals surface area contributed by atoms with Gasteiger partial charge in [0.2, 0.25) is 0 Å². The number of nitrogens with zero attached hydrogens (tertiary/aromatic N) is 2. The molecule has 2 atom stereocenters. The molecule has 1 fully saturated rings. The van der Waals surface area contributed by atoms with Crippen molar-refractivity contribution in [3.05, 3.63) is 58.5 Å². The van der Waals surface area contributed by atoms with Gasteiger partial charge in [0.15, 0.2) is 0 Å². The molecule has 2 aliphatic rings. The van der Waals surface area contributed by atoms with Crippen LogP contribution in [-0.2, 0) is 6.54 Å². The molecule has 0 aliphatic carbocycles. The first-order chi connectivity index (χ1) is 12.6. The molecule has 2 bridgehead atoms. The van der Waals surface area contributed by atoms with E-state index < -0.39 is 0 Å². The number of rotatable bonds is 3. The second kappa shape index (κ2) is 6.86. The molecule has 0 saturated carbocycles. The van der Waals surface area contributed by atoms with Crippen LogP contribution in [0.5, 0.6) is 5.75 Å². The second-order valence-electron chi connectivity index (χ2n) is 6.99. The van der Waals surface area contributed by atoms with Gasteiger partial charge in [-0.25, -0.2) is 4.79 Å². The van der Waals surface area contributed by atoms with E-state index in [1.807, 2.05) is 52.8 Å². The Morgan fingerprint density at radius 3 is 2.73 bits per heavy atom. The van der Waals surface area contributed by atoms with E-state index in [0.29, 0.717) is 32.2 Å². The molecular formula is C20H23N3O3. The SMILES string of the molecule is CCOc1ccc(NC(=O)N2C[C@H]3C[C@H](C2)c2cccc(=O)n2C3)cc1. The highest BCUT2D eigenvalue weighted by atomic mass is 16.5. The number of hydrogen-bond donors (Lipinski definition) is 1. The molecule has 2 aromatic rings. The summed E-state index contributed by atoms with van der Waals surface area (Å²) in [4.78, 5) is 26.7. The van der Waals surface area contributed by atoms with Crippen molar-refractivity contribution >= 4 is 11.7 Å². The van der Waals surface area contributed by atoms with Crippen LogP contribution in [0.2, 0.25) is 0 Å². The van der Waals surface area contributed by atoms with Gasteiger partial charge in [-0.05, 0) is 49.6 Å². The Kier molecular flexibility index (Phi) is 4.41. The average molecular weight is 353 g/mol. The summed E-state index contributed by atoms with van der Waals surface area (Å²) in [6.07, 6.45) is 1.04. The molecule has 3 heterocycles. The van der Waals surface area contributed by atoms with Crippen molar-refractivity contribution in [2.75, 3.05) is 25.0 Å². The van der Waals surface area contributed by atoms with E-state index in [-0.39, 0.29) is 17.5 Å².